The first-order valence-corrected chi connectivity index (χ1v) is 7.55. The van der Waals surface area contributed by atoms with Crippen LogP contribution in [0.2, 0.25) is 0 Å². The summed E-state index contributed by atoms with van der Waals surface area (Å²) in [5.41, 5.74) is 0.525. The molecule has 1 heterocycles. The van der Waals surface area contributed by atoms with Crippen LogP contribution in [-0.2, 0) is 10.1 Å². The van der Waals surface area contributed by atoms with Crippen molar-refractivity contribution < 1.29 is 14.3 Å². The number of hydrogen-bond donors (Lipinski definition) is 0. The number of carbonyl (C=O) groups excluding carboxylic acids is 1. The third-order valence-corrected chi connectivity index (χ3v) is 4.52. The molecule has 0 saturated carbocycles. The van der Waals surface area contributed by atoms with E-state index in [1.165, 1.54) is 11.3 Å². The van der Waals surface area contributed by atoms with Crippen molar-refractivity contribution in [2.75, 3.05) is 13.2 Å². The fraction of sp³-hybridized carbons (Fsp3) is 0.500. The number of hydrogen-bond acceptors (Lipinski definition) is 4. The molecule has 90 valence electrons. The summed E-state index contributed by atoms with van der Waals surface area (Å²) in [6.07, 6.45) is 0. The van der Waals surface area contributed by atoms with Crippen molar-refractivity contribution in [3.8, 4) is 5.75 Å². The van der Waals surface area contributed by atoms with Crippen molar-refractivity contribution in [1.29, 1.82) is 0 Å². The maximum atomic E-state index is 11.8. The molecule has 0 spiro atoms. The molecule has 0 atom stereocenters. The predicted octanol–water partition coefficient (Wildman–Crippen LogP) is 3.98. The Balaban J connectivity index is 3.15. The lowest BCUT2D eigenvalue weighted by molar-refractivity contribution is 0.0522. The van der Waals surface area contributed by atoms with Gasteiger partial charge in [0.1, 0.15) is 9.35 Å². The van der Waals surface area contributed by atoms with E-state index >= 15 is 0 Å². The van der Waals surface area contributed by atoms with Gasteiger partial charge in [-0.1, -0.05) is 15.9 Å². The fourth-order valence-electron chi connectivity index (χ4n) is 1.21. The van der Waals surface area contributed by atoms with Gasteiger partial charge < -0.3 is 9.47 Å². The first kappa shape index (κ1) is 14.0. The summed E-state index contributed by atoms with van der Waals surface area (Å²) in [5, 5.41) is 0.609. The van der Waals surface area contributed by atoms with E-state index in [0.29, 0.717) is 29.9 Å². The molecule has 1 aromatic rings. The van der Waals surface area contributed by atoms with E-state index in [1.807, 2.05) is 6.92 Å². The van der Waals surface area contributed by atoms with Crippen molar-refractivity contribution in [3.63, 3.8) is 0 Å². The van der Waals surface area contributed by atoms with Crippen LogP contribution in [0, 0.1) is 0 Å². The number of thiophene rings is 1. The second kappa shape index (κ2) is 6.61. The van der Waals surface area contributed by atoms with Crippen LogP contribution in [-0.4, -0.2) is 19.2 Å². The topological polar surface area (TPSA) is 35.5 Å². The average molecular weight is 372 g/mol. The van der Waals surface area contributed by atoms with Crippen molar-refractivity contribution in [1.82, 2.24) is 0 Å². The summed E-state index contributed by atoms with van der Waals surface area (Å²) in [5.74, 6) is 0.253. The van der Waals surface area contributed by atoms with E-state index in [9.17, 15) is 4.79 Å². The zero-order valence-electron chi connectivity index (χ0n) is 9.01. The quantitative estimate of drug-likeness (QED) is 0.580. The molecule has 0 saturated heterocycles. The summed E-state index contributed by atoms with van der Waals surface area (Å²) in [6.45, 7) is 4.55. The van der Waals surface area contributed by atoms with Gasteiger partial charge in [0.2, 0.25) is 0 Å². The van der Waals surface area contributed by atoms with Crippen LogP contribution in [0.4, 0.5) is 0 Å². The van der Waals surface area contributed by atoms with Crippen LogP contribution in [0.15, 0.2) is 3.79 Å². The van der Waals surface area contributed by atoms with Gasteiger partial charge in [0.25, 0.3) is 0 Å². The van der Waals surface area contributed by atoms with Crippen molar-refractivity contribution in [2.45, 2.75) is 19.2 Å². The highest BCUT2D eigenvalue weighted by atomic mass is 79.9. The molecule has 0 aliphatic rings. The smallest absolute Gasteiger partial charge is 0.343 e. The Morgan fingerprint density at radius 2 is 2.06 bits per heavy atom. The molecule has 0 aliphatic heterocycles. The SMILES string of the molecule is CCOC(=O)c1c(CBr)sc(Br)c1OCC. The standard InChI is InChI=1S/C10H12Br2O3S/c1-3-14-8-7(10(13)15-4-2)6(5-11)16-9(8)12/h3-5H2,1-2H3. The van der Waals surface area contributed by atoms with Gasteiger partial charge in [0.15, 0.2) is 5.75 Å². The molecule has 3 nitrogen and oxygen atoms in total. The van der Waals surface area contributed by atoms with Crippen molar-refractivity contribution >= 4 is 49.2 Å². The van der Waals surface area contributed by atoms with Crippen LogP contribution in [0.3, 0.4) is 0 Å². The van der Waals surface area contributed by atoms with Crippen molar-refractivity contribution in [2.24, 2.45) is 0 Å². The lowest BCUT2D eigenvalue weighted by Gasteiger charge is -2.06. The van der Waals surface area contributed by atoms with Crippen LogP contribution in [0.5, 0.6) is 5.75 Å². The third kappa shape index (κ3) is 2.99. The zero-order valence-corrected chi connectivity index (χ0v) is 13.0. The van der Waals surface area contributed by atoms with Gasteiger partial charge in [0, 0.05) is 10.2 Å². The van der Waals surface area contributed by atoms with Gasteiger partial charge >= 0.3 is 5.97 Å². The first-order chi connectivity index (χ1) is 7.65. The predicted molar refractivity (Wildman–Crippen MR) is 71.8 cm³/mol. The van der Waals surface area contributed by atoms with E-state index in [1.54, 1.807) is 6.92 Å². The molecule has 0 bridgehead atoms. The van der Waals surface area contributed by atoms with Crippen molar-refractivity contribution in [3.05, 3.63) is 14.2 Å². The Bertz CT molecular complexity index is 376. The van der Waals surface area contributed by atoms with Crippen LogP contribution < -0.4 is 4.74 Å². The monoisotopic (exact) mass is 370 g/mol. The highest BCUT2D eigenvalue weighted by Crippen LogP contribution is 2.41. The van der Waals surface area contributed by atoms with E-state index in [-0.39, 0.29) is 5.97 Å². The molecular formula is C10H12Br2O3S. The Labute approximate surface area is 115 Å². The molecule has 1 rings (SSSR count). The third-order valence-electron chi connectivity index (χ3n) is 1.79. The molecule has 0 fully saturated rings. The molecule has 0 N–H and O–H groups in total. The van der Waals surface area contributed by atoms with Gasteiger partial charge in [-0.2, -0.15) is 0 Å². The molecule has 0 radical (unpaired) electrons. The number of carbonyl (C=O) groups is 1. The highest BCUT2D eigenvalue weighted by molar-refractivity contribution is 9.11. The van der Waals surface area contributed by atoms with Gasteiger partial charge in [-0.25, -0.2) is 4.79 Å². The Hall–Kier alpha value is -0.0700. The summed E-state index contributed by atoms with van der Waals surface area (Å²) >= 11 is 8.23. The summed E-state index contributed by atoms with van der Waals surface area (Å²) in [4.78, 5) is 12.7. The van der Waals surface area contributed by atoms with Gasteiger partial charge in [0.05, 0.1) is 13.2 Å². The molecule has 0 aromatic carbocycles. The van der Waals surface area contributed by atoms with Crippen LogP contribution in [0.25, 0.3) is 0 Å². The van der Waals surface area contributed by atoms with E-state index in [2.05, 4.69) is 31.9 Å². The number of alkyl halides is 1. The minimum atomic E-state index is -0.331. The molecule has 6 heteroatoms. The highest BCUT2D eigenvalue weighted by Gasteiger charge is 2.24. The number of halogens is 2. The van der Waals surface area contributed by atoms with Gasteiger partial charge in [-0.15, -0.1) is 11.3 Å². The van der Waals surface area contributed by atoms with E-state index < -0.39 is 0 Å². The normalized spacial score (nSPS) is 10.2. The average Bonchev–Trinajstić information content (AvgIpc) is 2.57. The fourth-order valence-corrected chi connectivity index (χ4v) is 3.53. The number of esters is 1. The lowest BCUT2D eigenvalue weighted by atomic mass is 10.2. The van der Waals surface area contributed by atoms with Gasteiger partial charge in [-0.3, -0.25) is 0 Å². The minimum absolute atomic E-state index is 0.331. The maximum absolute atomic E-state index is 11.8. The van der Waals surface area contributed by atoms with E-state index in [0.717, 1.165) is 8.66 Å². The Morgan fingerprint density at radius 3 is 2.56 bits per heavy atom. The number of ether oxygens (including phenoxy) is 2. The summed E-state index contributed by atoms with van der Waals surface area (Å²) in [6, 6.07) is 0. The van der Waals surface area contributed by atoms with Crippen LogP contribution in [0.1, 0.15) is 29.1 Å². The molecule has 0 amide bonds. The second-order valence-corrected chi connectivity index (χ2v) is 5.77. The minimum Gasteiger partial charge on any atom is -0.491 e. The second-order valence-electron chi connectivity index (χ2n) is 2.79. The lowest BCUT2D eigenvalue weighted by Crippen LogP contribution is -2.08. The Kier molecular flexibility index (Phi) is 5.78. The van der Waals surface area contributed by atoms with E-state index in [4.69, 9.17) is 9.47 Å². The summed E-state index contributed by atoms with van der Waals surface area (Å²) < 4.78 is 11.3. The zero-order chi connectivity index (χ0) is 12.1. The molecule has 0 unspecified atom stereocenters. The molecule has 0 aliphatic carbocycles. The molecular weight excluding hydrogens is 360 g/mol. The maximum Gasteiger partial charge on any atom is 0.343 e. The van der Waals surface area contributed by atoms with Crippen LogP contribution >= 0.6 is 43.2 Å². The van der Waals surface area contributed by atoms with Gasteiger partial charge in [-0.05, 0) is 29.8 Å². The Morgan fingerprint density at radius 1 is 1.38 bits per heavy atom. The molecule has 16 heavy (non-hydrogen) atoms. The number of rotatable bonds is 5. The first-order valence-electron chi connectivity index (χ1n) is 4.82. The molecule has 1 aromatic heterocycles. The summed E-state index contributed by atoms with van der Waals surface area (Å²) in [7, 11) is 0. The largest absolute Gasteiger partial charge is 0.491 e.